The molecule has 1 aliphatic heterocycles. The molecule has 1 unspecified atom stereocenters. The zero-order valence-electron chi connectivity index (χ0n) is 10.1. The minimum atomic E-state index is -0.342. The molecule has 0 saturated carbocycles. The van der Waals surface area contributed by atoms with Gasteiger partial charge in [0.25, 0.3) is 0 Å². The normalized spacial score (nSPS) is 20.2. The highest BCUT2D eigenvalue weighted by Gasteiger charge is 2.15. The second-order valence-electron chi connectivity index (χ2n) is 4.21. The molecule has 1 aromatic heterocycles. The van der Waals surface area contributed by atoms with Crippen molar-refractivity contribution in [2.45, 2.75) is 38.7 Å². The number of rotatable bonds is 4. The van der Waals surface area contributed by atoms with Crippen LogP contribution < -0.4 is 5.32 Å². The summed E-state index contributed by atoms with van der Waals surface area (Å²) in [6, 6.07) is 0. The predicted octanol–water partition coefficient (Wildman–Crippen LogP) is 2.16. The van der Waals surface area contributed by atoms with Crippen molar-refractivity contribution in [3.05, 3.63) is 17.8 Å². The van der Waals surface area contributed by atoms with Crippen LogP contribution in [-0.4, -0.2) is 29.2 Å². The zero-order chi connectivity index (χ0) is 12.1. The number of hydrogen-bond acceptors (Lipinski definition) is 4. The lowest BCUT2D eigenvalue weighted by Crippen LogP contribution is -2.27. The van der Waals surface area contributed by atoms with Gasteiger partial charge in [0.05, 0.1) is 11.8 Å². The Hall–Kier alpha value is -1.23. The average molecular weight is 239 g/mol. The molecular weight excluding hydrogens is 221 g/mol. The molecule has 1 N–H and O–H groups in total. The molecule has 0 radical (unpaired) electrons. The fourth-order valence-corrected chi connectivity index (χ4v) is 1.95. The maximum Gasteiger partial charge on any atom is 0.186 e. The van der Waals surface area contributed by atoms with Crippen LogP contribution in [0.5, 0.6) is 0 Å². The maximum absolute atomic E-state index is 13.8. The summed E-state index contributed by atoms with van der Waals surface area (Å²) in [5, 5.41) is 3.01. The van der Waals surface area contributed by atoms with Crippen LogP contribution in [0.3, 0.4) is 0 Å². The van der Waals surface area contributed by atoms with Crippen molar-refractivity contribution in [3.63, 3.8) is 0 Å². The van der Waals surface area contributed by atoms with E-state index in [-0.39, 0.29) is 17.7 Å². The fraction of sp³-hybridized carbons (Fsp3) is 0.667. The first kappa shape index (κ1) is 12.2. The van der Waals surface area contributed by atoms with Crippen LogP contribution in [0.2, 0.25) is 0 Å². The first-order valence-corrected chi connectivity index (χ1v) is 6.16. The monoisotopic (exact) mass is 239 g/mol. The summed E-state index contributed by atoms with van der Waals surface area (Å²) in [4.78, 5) is 7.81. The summed E-state index contributed by atoms with van der Waals surface area (Å²) >= 11 is 0. The largest absolute Gasteiger partial charge is 0.376 e. The van der Waals surface area contributed by atoms with E-state index in [9.17, 15) is 4.39 Å². The summed E-state index contributed by atoms with van der Waals surface area (Å²) in [6.45, 7) is 3.29. The molecular formula is C12H18FN3O. The highest BCUT2D eigenvalue weighted by molar-refractivity contribution is 5.37. The van der Waals surface area contributed by atoms with Gasteiger partial charge in [-0.15, -0.1) is 0 Å². The lowest BCUT2D eigenvalue weighted by atomic mass is 10.1. The van der Waals surface area contributed by atoms with E-state index in [1.54, 1.807) is 0 Å². The Morgan fingerprint density at radius 3 is 3.06 bits per heavy atom. The minimum Gasteiger partial charge on any atom is -0.376 e. The van der Waals surface area contributed by atoms with E-state index >= 15 is 0 Å². The van der Waals surface area contributed by atoms with Gasteiger partial charge in [-0.1, -0.05) is 6.92 Å². The number of aryl methyl sites for hydroxylation is 1. The molecule has 0 bridgehead atoms. The summed E-state index contributed by atoms with van der Waals surface area (Å²) in [7, 11) is 0. The molecule has 1 saturated heterocycles. The highest BCUT2D eigenvalue weighted by atomic mass is 19.1. The highest BCUT2D eigenvalue weighted by Crippen LogP contribution is 2.16. The molecule has 1 atom stereocenters. The van der Waals surface area contributed by atoms with Gasteiger partial charge >= 0.3 is 0 Å². The molecule has 4 nitrogen and oxygen atoms in total. The lowest BCUT2D eigenvalue weighted by Gasteiger charge is -2.23. The molecule has 0 aliphatic carbocycles. The second-order valence-corrected chi connectivity index (χ2v) is 4.21. The Morgan fingerprint density at radius 1 is 1.47 bits per heavy atom. The Balaban J connectivity index is 1.93. The summed E-state index contributed by atoms with van der Waals surface area (Å²) in [5.74, 6) is -0.0585. The molecule has 2 heterocycles. The van der Waals surface area contributed by atoms with Gasteiger partial charge in [-0.2, -0.15) is 0 Å². The molecule has 1 fully saturated rings. The minimum absolute atomic E-state index is 0.170. The number of hydrogen-bond donors (Lipinski definition) is 1. The van der Waals surface area contributed by atoms with Crippen LogP contribution in [0, 0.1) is 5.82 Å². The van der Waals surface area contributed by atoms with Crippen molar-refractivity contribution < 1.29 is 9.13 Å². The average Bonchev–Trinajstić information content (AvgIpc) is 2.39. The molecule has 2 rings (SSSR count). The Bertz CT molecular complexity index is 367. The van der Waals surface area contributed by atoms with Gasteiger partial charge in [0.2, 0.25) is 0 Å². The molecule has 94 valence electrons. The molecule has 0 aromatic carbocycles. The predicted molar refractivity (Wildman–Crippen MR) is 63.4 cm³/mol. The second kappa shape index (κ2) is 5.91. The van der Waals surface area contributed by atoms with E-state index in [0.29, 0.717) is 18.7 Å². The standard InChI is InChI=1S/C12H18FN3O/c1-2-10-11(13)12(16-8-15-10)14-7-9-5-3-4-6-17-9/h8-9H,2-7H2,1H3,(H,14,15,16). The maximum atomic E-state index is 13.8. The first-order chi connectivity index (χ1) is 8.31. The summed E-state index contributed by atoms with van der Waals surface area (Å²) < 4.78 is 19.4. The topological polar surface area (TPSA) is 47.0 Å². The molecule has 17 heavy (non-hydrogen) atoms. The van der Waals surface area contributed by atoms with Crippen molar-refractivity contribution in [1.82, 2.24) is 9.97 Å². The van der Waals surface area contributed by atoms with Gasteiger partial charge in [-0.25, -0.2) is 14.4 Å². The smallest absolute Gasteiger partial charge is 0.186 e. The third kappa shape index (κ3) is 3.12. The van der Waals surface area contributed by atoms with Gasteiger partial charge in [-0.05, 0) is 25.7 Å². The number of halogens is 1. The number of nitrogens with one attached hydrogen (secondary N) is 1. The Kier molecular flexibility index (Phi) is 4.25. The van der Waals surface area contributed by atoms with E-state index < -0.39 is 0 Å². The van der Waals surface area contributed by atoms with Crippen LogP contribution in [0.25, 0.3) is 0 Å². The van der Waals surface area contributed by atoms with Crippen molar-refractivity contribution in [3.8, 4) is 0 Å². The quantitative estimate of drug-likeness (QED) is 0.874. The SMILES string of the molecule is CCc1ncnc(NCC2CCCCO2)c1F. The van der Waals surface area contributed by atoms with Crippen LogP contribution >= 0.6 is 0 Å². The number of nitrogens with zero attached hydrogens (tertiary/aromatic N) is 2. The third-order valence-electron chi connectivity index (χ3n) is 2.97. The van der Waals surface area contributed by atoms with E-state index in [2.05, 4.69) is 15.3 Å². The van der Waals surface area contributed by atoms with Crippen molar-refractivity contribution >= 4 is 5.82 Å². The number of ether oxygens (including phenoxy) is 1. The molecule has 5 heteroatoms. The summed E-state index contributed by atoms with van der Waals surface area (Å²) in [6.07, 6.45) is 5.47. The van der Waals surface area contributed by atoms with Gasteiger partial charge in [0, 0.05) is 13.2 Å². The van der Waals surface area contributed by atoms with Gasteiger partial charge in [0.15, 0.2) is 11.6 Å². The van der Waals surface area contributed by atoms with Crippen molar-refractivity contribution in [2.75, 3.05) is 18.5 Å². The lowest BCUT2D eigenvalue weighted by molar-refractivity contribution is 0.0247. The van der Waals surface area contributed by atoms with Crippen LogP contribution in [0.15, 0.2) is 6.33 Å². The molecule has 1 aromatic rings. The first-order valence-electron chi connectivity index (χ1n) is 6.16. The van der Waals surface area contributed by atoms with E-state index in [4.69, 9.17) is 4.74 Å². The van der Waals surface area contributed by atoms with E-state index in [0.717, 1.165) is 19.4 Å². The van der Waals surface area contributed by atoms with Crippen LogP contribution in [0.4, 0.5) is 10.2 Å². The van der Waals surface area contributed by atoms with Gasteiger partial charge in [-0.3, -0.25) is 0 Å². The van der Waals surface area contributed by atoms with Crippen molar-refractivity contribution in [2.24, 2.45) is 0 Å². The molecule has 0 spiro atoms. The number of anilines is 1. The number of aromatic nitrogens is 2. The van der Waals surface area contributed by atoms with Gasteiger partial charge in [0.1, 0.15) is 6.33 Å². The fourth-order valence-electron chi connectivity index (χ4n) is 1.95. The molecule has 1 aliphatic rings. The third-order valence-corrected chi connectivity index (χ3v) is 2.97. The molecule has 0 amide bonds. The Morgan fingerprint density at radius 2 is 2.35 bits per heavy atom. The van der Waals surface area contributed by atoms with Gasteiger partial charge < -0.3 is 10.1 Å². The van der Waals surface area contributed by atoms with Crippen LogP contribution in [0.1, 0.15) is 31.9 Å². The zero-order valence-corrected chi connectivity index (χ0v) is 10.1. The van der Waals surface area contributed by atoms with E-state index in [1.807, 2.05) is 6.92 Å². The van der Waals surface area contributed by atoms with Crippen LogP contribution in [-0.2, 0) is 11.2 Å². The Labute approximate surface area is 101 Å². The van der Waals surface area contributed by atoms with E-state index in [1.165, 1.54) is 12.7 Å². The van der Waals surface area contributed by atoms with Crippen molar-refractivity contribution in [1.29, 1.82) is 0 Å². The summed E-state index contributed by atoms with van der Waals surface area (Å²) in [5.41, 5.74) is 0.451.